The molecule has 1 aliphatic carbocycles. The van der Waals surface area contributed by atoms with E-state index in [1.807, 2.05) is 12.1 Å². The Morgan fingerprint density at radius 3 is 2.92 bits per heavy atom. The highest BCUT2D eigenvalue weighted by Crippen LogP contribution is 2.52. The van der Waals surface area contributed by atoms with Crippen LogP contribution in [0.5, 0.6) is 0 Å². The van der Waals surface area contributed by atoms with E-state index in [1.54, 1.807) is 6.20 Å². The molecule has 1 N–H and O–H groups in total. The van der Waals surface area contributed by atoms with Crippen molar-refractivity contribution in [2.24, 2.45) is 5.92 Å². The molecule has 0 aromatic carbocycles. The molecular formula is C8H9Cl2N3. The van der Waals surface area contributed by atoms with Gasteiger partial charge in [-0.2, -0.15) is 5.10 Å². The van der Waals surface area contributed by atoms with E-state index in [0.29, 0.717) is 5.92 Å². The van der Waals surface area contributed by atoms with Crippen molar-refractivity contribution in [3.05, 3.63) is 18.3 Å². The van der Waals surface area contributed by atoms with E-state index in [-0.39, 0.29) is 0 Å². The van der Waals surface area contributed by atoms with Gasteiger partial charge >= 0.3 is 0 Å². The summed E-state index contributed by atoms with van der Waals surface area (Å²) in [4.78, 5) is 0. The molecule has 70 valence electrons. The fourth-order valence-corrected chi connectivity index (χ4v) is 1.64. The number of alkyl halides is 2. The second kappa shape index (κ2) is 3.31. The molecule has 0 saturated heterocycles. The normalized spacial score (nSPS) is 24.0. The fraction of sp³-hybridized carbons (Fsp3) is 0.500. The Balaban J connectivity index is 1.82. The summed E-state index contributed by atoms with van der Waals surface area (Å²) in [6.07, 6.45) is 2.49. The van der Waals surface area contributed by atoms with Gasteiger partial charge < -0.3 is 5.32 Å². The molecular weight excluding hydrogens is 209 g/mol. The topological polar surface area (TPSA) is 37.8 Å². The van der Waals surface area contributed by atoms with Crippen LogP contribution in [0.15, 0.2) is 18.3 Å². The minimum absolute atomic E-state index is 0.331. The second-order valence-electron chi connectivity index (χ2n) is 3.15. The lowest BCUT2D eigenvalue weighted by Crippen LogP contribution is -2.08. The smallest absolute Gasteiger partial charge is 0.148 e. The van der Waals surface area contributed by atoms with Crippen LogP contribution in [0.2, 0.25) is 0 Å². The van der Waals surface area contributed by atoms with Gasteiger partial charge in [0.1, 0.15) is 10.2 Å². The highest BCUT2D eigenvalue weighted by Gasteiger charge is 2.51. The molecule has 0 radical (unpaired) electrons. The predicted molar refractivity (Wildman–Crippen MR) is 53.1 cm³/mol. The van der Waals surface area contributed by atoms with Crippen molar-refractivity contribution in [1.82, 2.24) is 10.2 Å². The van der Waals surface area contributed by atoms with Gasteiger partial charge in [-0.05, 0) is 18.6 Å². The maximum absolute atomic E-state index is 5.86. The van der Waals surface area contributed by atoms with Crippen molar-refractivity contribution < 1.29 is 0 Å². The zero-order chi connectivity index (χ0) is 9.31. The van der Waals surface area contributed by atoms with Crippen molar-refractivity contribution in [3.63, 3.8) is 0 Å². The van der Waals surface area contributed by atoms with Crippen molar-refractivity contribution in [3.8, 4) is 0 Å². The average Bonchev–Trinajstić information content (AvgIpc) is 2.73. The summed E-state index contributed by atoms with van der Waals surface area (Å²) in [5.74, 6) is 1.09. The van der Waals surface area contributed by atoms with Gasteiger partial charge in [0.05, 0.1) is 0 Å². The van der Waals surface area contributed by atoms with Crippen molar-refractivity contribution >= 4 is 29.0 Å². The van der Waals surface area contributed by atoms with Crippen LogP contribution in [0.4, 0.5) is 5.82 Å². The Labute approximate surface area is 86.4 Å². The second-order valence-corrected chi connectivity index (χ2v) is 4.69. The lowest BCUT2D eigenvalue weighted by Gasteiger charge is -2.03. The Kier molecular flexibility index (Phi) is 2.30. The molecule has 1 heterocycles. The predicted octanol–water partition coefficient (Wildman–Crippen LogP) is 2.08. The Morgan fingerprint density at radius 1 is 1.62 bits per heavy atom. The molecule has 0 bridgehead atoms. The number of nitrogens with zero attached hydrogens (tertiary/aromatic N) is 2. The molecule has 1 unspecified atom stereocenters. The Hall–Kier alpha value is -0.540. The van der Waals surface area contributed by atoms with E-state index in [4.69, 9.17) is 23.2 Å². The largest absolute Gasteiger partial charge is 0.368 e. The van der Waals surface area contributed by atoms with Gasteiger partial charge in [-0.3, -0.25) is 0 Å². The first-order chi connectivity index (χ1) is 6.18. The fourth-order valence-electron chi connectivity index (χ4n) is 1.11. The number of rotatable bonds is 3. The van der Waals surface area contributed by atoms with E-state index in [1.165, 1.54) is 0 Å². The molecule has 0 aliphatic heterocycles. The van der Waals surface area contributed by atoms with Gasteiger partial charge in [-0.15, -0.1) is 28.3 Å². The number of hydrogen-bond donors (Lipinski definition) is 1. The van der Waals surface area contributed by atoms with Gasteiger partial charge in [0, 0.05) is 18.7 Å². The highest BCUT2D eigenvalue weighted by molar-refractivity contribution is 6.50. The van der Waals surface area contributed by atoms with Crippen molar-refractivity contribution in [1.29, 1.82) is 0 Å². The van der Waals surface area contributed by atoms with Crippen molar-refractivity contribution in [2.45, 2.75) is 10.8 Å². The summed E-state index contributed by atoms with van der Waals surface area (Å²) in [5.41, 5.74) is 0. The Bertz CT molecular complexity index is 289. The molecule has 1 saturated carbocycles. The Morgan fingerprint density at radius 2 is 2.38 bits per heavy atom. The van der Waals surface area contributed by atoms with Gasteiger partial charge in [0.25, 0.3) is 0 Å². The average molecular weight is 218 g/mol. The summed E-state index contributed by atoms with van der Waals surface area (Å²) in [6, 6.07) is 3.69. The van der Waals surface area contributed by atoms with Crippen LogP contribution in [-0.2, 0) is 0 Å². The number of anilines is 1. The quantitative estimate of drug-likeness (QED) is 0.789. The molecule has 1 aromatic rings. The molecule has 13 heavy (non-hydrogen) atoms. The zero-order valence-electron chi connectivity index (χ0n) is 6.87. The molecule has 3 nitrogen and oxygen atoms in total. The minimum Gasteiger partial charge on any atom is -0.368 e. The maximum atomic E-state index is 5.86. The minimum atomic E-state index is -0.519. The summed E-state index contributed by atoms with van der Waals surface area (Å²) in [7, 11) is 0. The molecule has 1 aromatic heterocycles. The number of nitrogens with one attached hydrogen (secondary N) is 1. The number of aromatic nitrogens is 2. The summed E-state index contributed by atoms with van der Waals surface area (Å²) in [6.45, 7) is 0.756. The molecule has 1 fully saturated rings. The summed E-state index contributed by atoms with van der Waals surface area (Å²) < 4.78 is -0.519. The highest BCUT2D eigenvalue weighted by atomic mass is 35.5. The number of hydrogen-bond acceptors (Lipinski definition) is 3. The van der Waals surface area contributed by atoms with Crippen LogP contribution in [0.25, 0.3) is 0 Å². The molecule has 0 spiro atoms. The van der Waals surface area contributed by atoms with Crippen LogP contribution < -0.4 is 5.32 Å². The third kappa shape index (κ3) is 2.23. The third-order valence-electron chi connectivity index (χ3n) is 2.06. The summed E-state index contributed by atoms with van der Waals surface area (Å²) >= 11 is 11.7. The number of halogens is 2. The van der Waals surface area contributed by atoms with Crippen LogP contribution >= 0.6 is 23.2 Å². The van der Waals surface area contributed by atoms with Gasteiger partial charge in [-0.25, -0.2) is 0 Å². The molecule has 0 amide bonds. The first kappa shape index (κ1) is 9.03. The first-order valence-corrected chi connectivity index (χ1v) is 4.83. The van der Waals surface area contributed by atoms with E-state index >= 15 is 0 Å². The SMILES string of the molecule is ClC1(Cl)CC1CNc1cccnn1. The van der Waals surface area contributed by atoms with Crippen LogP contribution in [0.1, 0.15) is 6.42 Å². The maximum Gasteiger partial charge on any atom is 0.148 e. The van der Waals surface area contributed by atoms with Crippen LogP contribution in [0, 0.1) is 5.92 Å². The molecule has 1 aliphatic rings. The molecule has 1 atom stereocenters. The summed E-state index contributed by atoms with van der Waals surface area (Å²) in [5, 5.41) is 10.7. The van der Waals surface area contributed by atoms with E-state index < -0.39 is 4.33 Å². The lowest BCUT2D eigenvalue weighted by molar-refractivity contribution is 0.861. The lowest BCUT2D eigenvalue weighted by atomic mass is 10.4. The first-order valence-electron chi connectivity index (χ1n) is 4.08. The van der Waals surface area contributed by atoms with Gasteiger partial charge in [-0.1, -0.05) is 0 Å². The van der Waals surface area contributed by atoms with E-state index in [0.717, 1.165) is 18.8 Å². The van der Waals surface area contributed by atoms with Crippen molar-refractivity contribution in [2.75, 3.05) is 11.9 Å². The standard InChI is InChI=1S/C8H9Cl2N3/c9-8(10)4-6(8)5-11-7-2-1-3-12-13-7/h1-3,6H,4-5H2,(H,11,13). The third-order valence-corrected chi connectivity index (χ3v) is 2.98. The molecule has 2 rings (SSSR count). The van der Waals surface area contributed by atoms with Crippen LogP contribution in [0.3, 0.4) is 0 Å². The van der Waals surface area contributed by atoms with Gasteiger partial charge in [0.2, 0.25) is 0 Å². The van der Waals surface area contributed by atoms with E-state index in [2.05, 4.69) is 15.5 Å². The van der Waals surface area contributed by atoms with E-state index in [9.17, 15) is 0 Å². The van der Waals surface area contributed by atoms with Crippen LogP contribution in [-0.4, -0.2) is 21.1 Å². The van der Waals surface area contributed by atoms with Gasteiger partial charge in [0.15, 0.2) is 0 Å². The molecule has 5 heteroatoms. The zero-order valence-corrected chi connectivity index (χ0v) is 8.39. The monoisotopic (exact) mass is 217 g/mol.